The number of nitrogens with one attached hydrogen (secondary N) is 2. The van der Waals surface area contributed by atoms with Crippen LogP contribution in [0.4, 0.5) is 11.4 Å². The number of carbonyl (C=O) groups excluding carboxylic acids is 3. The van der Waals surface area contributed by atoms with E-state index >= 15 is 0 Å². The van der Waals surface area contributed by atoms with Crippen LogP contribution in [0.3, 0.4) is 0 Å². The van der Waals surface area contributed by atoms with Gasteiger partial charge < -0.3 is 25.4 Å². The number of nitrogens with zero attached hydrogens (tertiary/aromatic N) is 1. The van der Waals surface area contributed by atoms with Crippen LogP contribution in [-0.4, -0.2) is 48.6 Å². The van der Waals surface area contributed by atoms with Crippen molar-refractivity contribution in [2.24, 2.45) is 5.92 Å². The first-order valence-electron chi connectivity index (χ1n) is 10.2. The SMILES string of the molecule is Cc1cccc(NC(=O)COc2ccc(N3C[C@H](C(=O)NC[C@H](C)O)CC3=O)cc2)c1. The Morgan fingerprint density at radius 1 is 1.23 bits per heavy atom. The number of anilines is 2. The third kappa shape index (κ3) is 6.29. The zero-order chi connectivity index (χ0) is 22.4. The maximum Gasteiger partial charge on any atom is 0.262 e. The van der Waals surface area contributed by atoms with Gasteiger partial charge in [-0.1, -0.05) is 12.1 Å². The van der Waals surface area contributed by atoms with Gasteiger partial charge in [-0.15, -0.1) is 0 Å². The summed E-state index contributed by atoms with van der Waals surface area (Å²) < 4.78 is 5.53. The lowest BCUT2D eigenvalue weighted by Crippen LogP contribution is -2.36. The molecule has 0 radical (unpaired) electrons. The lowest BCUT2D eigenvalue weighted by atomic mass is 10.1. The van der Waals surface area contributed by atoms with Crippen LogP contribution in [0.5, 0.6) is 5.75 Å². The normalized spacial score (nSPS) is 16.7. The Labute approximate surface area is 181 Å². The predicted octanol–water partition coefficient (Wildman–Crippen LogP) is 1.86. The third-order valence-corrected chi connectivity index (χ3v) is 4.89. The fourth-order valence-electron chi connectivity index (χ4n) is 3.32. The fraction of sp³-hybridized carbons (Fsp3) is 0.348. The van der Waals surface area contributed by atoms with E-state index in [-0.39, 0.29) is 43.8 Å². The molecule has 8 nitrogen and oxygen atoms in total. The molecule has 0 aromatic heterocycles. The molecular formula is C23H27N3O5. The van der Waals surface area contributed by atoms with Gasteiger partial charge in [0.05, 0.1) is 12.0 Å². The van der Waals surface area contributed by atoms with E-state index in [1.807, 2.05) is 31.2 Å². The molecule has 1 saturated heterocycles. The number of hydrogen-bond donors (Lipinski definition) is 3. The second-order valence-corrected chi connectivity index (χ2v) is 7.70. The minimum absolute atomic E-state index is 0.128. The van der Waals surface area contributed by atoms with E-state index in [0.29, 0.717) is 17.1 Å². The Balaban J connectivity index is 1.51. The van der Waals surface area contributed by atoms with Crippen molar-refractivity contribution in [3.8, 4) is 5.75 Å². The molecular weight excluding hydrogens is 398 g/mol. The Morgan fingerprint density at radius 3 is 2.65 bits per heavy atom. The van der Waals surface area contributed by atoms with Gasteiger partial charge >= 0.3 is 0 Å². The fourth-order valence-corrected chi connectivity index (χ4v) is 3.32. The summed E-state index contributed by atoms with van der Waals surface area (Å²) in [5.74, 6) is -0.594. The van der Waals surface area contributed by atoms with Crippen LogP contribution >= 0.6 is 0 Å². The van der Waals surface area contributed by atoms with Crippen molar-refractivity contribution >= 4 is 29.1 Å². The molecule has 1 aliphatic rings. The number of ether oxygens (including phenoxy) is 1. The van der Waals surface area contributed by atoms with Gasteiger partial charge in [-0.3, -0.25) is 14.4 Å². The summed E-state index contributed by atoms with van der Waals surface area (Å²) in [6, 6.07) is 14.3. The van der Waals surface area contributed by atoms with Gasteiger partial charge in [-0.2, -0.15) is 0 Å². The molecule has 2 aromatic rings. The molecule has 1 heterocycles. The molecule has 8 heteroatoms. The highest BCUT2D eigenvalue weighted by molar-refractivity contribution is 6.00. The van der Waals surface area contributed by atoms with Gasteiger partial charge in [0.2, 0.25) is 11.8 Å². The van der Waals surface area contributed by atoms with E-state index in [0.717, 1.165) is 5.56 Å². The van der Waals surface area contributed by atoms with Crippen LogP contribution < -0.4 is 20.3 Å². The second kappa shape index (κ2) is 10.1. The first-order chi connectivity index (χ1) is 14.8. The standard InChI is InChI=1S/C23H27N3O5/c1-15-4-3-5-18(10-15)25-21(28)14-31-20-8-6-19(7-9-20)26-13-17(11-22(26)29)23(30)24-12-16(2)27/h3-10,16-17,27H,11-14H2,1-2H3,(H,24,30)(H,25,28)/t16-,17+/m0/s1. The van der Waals surface area contributed by atoms with Crippen molar-refractivity contribution in [3.63, 3.8) is 0 Å². The average Bonchev–Trinajstić information content (AvgIpc) is 3.12. The van der Waals surface area contributed by atoms with Crippen LogP contribution in [0.2, 0.25) is 0 Å². The zero-order valence-electron chi connectivity index (χ0n) is 17.6. The Bertz CT molecular complexity index is 942. The van der Waals surface area contributed by atoms with Crippen molar-refractivity contribution in [1.82, 2.24) is 5.32 Å². The molecule has 0 bridgehead atoms. The summed E-state index contributed by atoms with van der Waals surface area (Å²) in [4.78, 5) is 38.1. The van der Waals surface area contributed by atoms with E-state index in [2.05, 4.69) is 10.6 Å². The number of carbonyl (C=O) groups is 3. The Morgan fingerprint density at radius 2 is 1.97 bits per heavy atom. The molecule has 1 fully saturated rings. The molecule has 2 atom stereocenters. The first-order valence-corrected chi connectivity index (χ1v) is 10.2. The largest absolute Gasteiger partial charge is 0.484 e. The Kier molecular flexibility index (Phi) is 7.25. The molecule has 3 rings (SSSR count). The number of benzene rings is 2. The Hall–Kier alpha value is -3.39. The molecule has 2 aromatic carbocycles. The highest BCUT2D eigenvalue weighted by Gasteiger charge is 2.35. The molecule has 0 saturated carbocycles. The van der Waals surface area contributed by atoms with Gasteiger partial charge in [-0.05, 0) is 55.8 Å². The molecule has 0 unspecified atom stereocenters. The molecule has 164 valence electrons. The van der Waals surface area contributed by atoms with Crippen molar-refractivity contribution in [2.75, 3.05) is 29.9 Å². The van der Waals surface area contributed by atoms with Gasteiger partial charge in [0.1, 0.15) is 5.75 Å². The van der Waals surface area contributed by atoms with E-state index < -0.39 is 12.0 Å². The lowest BCUT2D eigenvalue weighted by molar-refractivity contribution is -0.126. The van der Waals surface area contributed by atoms with Crippen molar-refractivity contribution in [2.45, 2.75) is 26.4 Å². The second-order valence-electron chi connectivity index (χ2n) is 7.70. The van der Waals surface area contributed by atoms with Crippen LogP contribution in [0.1, 0.15) is 18.9 Å². The number of hydrogen-bond acceptors (Lipinski definition) is 5. The summed E-state index contributed by atoms with van der Waals surface area (Å²) in [6.45, 7) is 3.84. The number of rotatable bonds is 8. The summed E-state index contributed by atoms with van der Waals surface area (Å²) in [7, 11) is 0. The van der Waals surface area contributed by atoms with Crippen molar-refractivity contribution in [3.05, 3.63) is 54.1 Å². The van der Waals surface area contributed by atoms with Crippen LogP contribution in [-0.2, 0) is 14.4 Å². The maximum absolute atomic E-state index is 12.3. The van der Waals surface area contributed by atoms with E-state index in [1.54, 1.807) is 36.1 Å². The third-order valence-electron chi connectivity index (χ3n) is 4.89. The molecule has 1 aliphatic heterocycles. The summed E-state index contributed by atoms with van der Waals surface area (Å²) in [6.07, 6.45) is -0.508. The van der Waals surface area contributed by atoms with Crippen molar-refractivity contribution in [1.29, 1.82) is 0 Å². The van der Waals surface area contributed by atoms with Crippen molar-refractivity contribution < 1.29 is 24.2 Å². The smallest absolute Gasteiger partial charge is 0.262 e. The van der Waals surface area contributed by atoms with Crippen LogP contribution in [0.25, 0.3) is 0 Å². The highest BCUT2D eigenvalue weighted by atomic mass is 16.5. The number of aliphatic hydroxyl groups is 1. The van der Waals surface area contributed by atoms with E-state index in [4.69, 9.17) is 4.74 Å². The molecule has 0 aliphatic carbocycles. The number of aliphatic hydroxyl groups excluding tert-OH is 1. The minimum Gasteiger partial charge on any atom is -0.484 e. The lowest BCUT2D eigenvalue weighted by Gasteiger charge is -2.17. The average molecular weight is 425 g/mol. The summed E-state index contributed by atoms with van der Waals surface area (Å²) in [5, 5.41) is 14.7. The highest BCUT2D eigenvalue weighted by Crippen LogP contribution is 2.27. The molecule has 31 heavy (non-hydrogen) atoms. The van der Waals surface area contributed by atoms with Crippen LogP contribution in [0, 0.1) is 12.8 Å². The molecule has 3 N–H and O–H groups in total. The maximum atomic E-state index is 12.3. The van der Waals surface area contributed by atoms with E-state index in [1.165, 1.54) is 0 Å². The van der Waals surface area contributed by atoms with Gasteiger partial charge in [-0.25, -0.2) is 0 Å². The topological polar surface area (TPSA) is 108 Å². The first kappa shape index (κ1) is 22.3. The minimum atomic E-state index is -0.636. The van der Waals surface area contributed by atoms with Gasteiger partial charge in [0.25, 0.3) is 5.91 Å². The zero-order valence-corrected chi connectivity index (χ0v) is 17.6. The molecule has 0 spiro atoms. The van der Waals surface area contributed by atoms with Gasteiger partial charge in [0, 0.05) is 30.9 Å². The number of aryl methyl sites for hydroxylation is 1. The quantitative estimate of drug-likeness (QED) is 0.598. The monoisotopic (exact) mass is 425 g/mol. The molecule has 3 amide bonds. The summed E-state index contributed by atoms with van der Waals surface area (Å²) in [5.41, 5.74) is 2.42. The predicted molar refractivity (Wildman–Crippen MR) is 117 cm³/mol. The van der Waals surface area contributed by atoms with Gasteiger partial charge in [0.15, 0.2) is 6.61 Å². The summed E-state index contributed by atoms with van der Waals surface area (Å²) >= 11 is 0. The number of amides is 3. The van der Waals surface area contributed by atoms with Crippen LogP contribution in [0.15, 0.2) is 48.5 Å². The van der Waals surface area contributed by atoms with E-state index in [9.17, 15) is 19.5 Å².